The summed E-state index contributed by atoms with van der Waals surface area (Å²) in [5, 5.41) is 13.9. The van der Waals surface area contributed by atoms with E-state index in [0.29, 0.717) is 18.5 Å². The van der Waals surface area contributed by atoms with Gasteiger partial charge in [-0.15, -0.1) is 0 Å². The zero-order valence-corrected chi connectivity index (χ0v) is 13.5. The molecule has 3 aromatic rings. The van der Waals surface area contributed by atoms with Crippen molar-refractivity contribution in [1.82, 2.24) is 10.3 Å². The second kappa shape index (κ2) is 7.19. The first-order chi connectivity index (χ1) is 11.7. The molecule has 0 aliphatic heterocycles. The number of hydrogen-bond acceptors (Lipinski definition) is 3. The number of benzene rings is 2. The summed E-state index contributed by atoms with van der Waals surface area (Å²) in [4.78, 5) is 15.3. The molecule has 5 nitrogen and oxygen atoms in total. The number of ether oxygens (including phenoxy) is 1. The molecule has 1 unspecified atom stereocenters. The van der Waals surface area contributed by atoms with E-state index in [2.05, 4.69) is 10.3 Å². The summed E-state index contributed by atoms with van der Waals surface area (Å²) >= 11 is 0. The van der Waals surface area contributed by atoms with Crippen molar-refractivity contribution in [3.8, 4) is 5.75 Å². The van der Waals surface area contributed by atoms with Crippen LogP contribution in [0.2, 0.25) is 0 Å². The number of fused-ring (bicyclic) bond motifs is 1. The maximum absolute atomic E-state index is 12.1. The number of aliphatic hydroxyl groups excluding tert-OH is 1. The van der Waals surface area contributed by atoms with Gasteiger partial charge in [-0.1, -0.05) is 36.4 Å². The van der Waals surface area contributed by atoms with E-state index in [1.807, 2.05) is 30.5 Å². The van der Waals surface area contributed by atoms with Crippen LogP contribution in [0.25, 0.3) is 10.9 Å². The van der Waals surface area contributed by atoms with Gasteiger partial charge >= 0.3 is 0 Å². The minimum atomic E-state index is -1.15. The molecule has 0 bridgehead atoms. The van der Waals surface area contributed by atoms with Gasteiger partial charge in [0.05, 0.1) is 7.11 Å². The average Bonchev–Trinajstić information content (AvgIpc) is 3.05. The number of aliphatic hydroxyl groups is 1. The Balaban J connectivity index is 1.64. The van der Waals surface area contributed by atoms with Crippen molar-refractivity contribution in [3.63, 3.8) is 0 Å². The van der Waals surface area contributed by atoms with Crippen LogP contribution in [0.5, 0.6) is 5.75 Å². The second-order valence-electron chi connectivity index (χ2n) is 5.55. The quantitative estimate of drug-likeness (QED) is 0.652. The van der Waals surface area contributed by atoms with Crippen LogP contribution >= 0.6 is 0 Å². The van der Waals surface area contributed by atoms with E-state index in [1.165, 1.54) is 0 Å². The monoisotopic (exact) mass is 324 g/mol. The highest BCUT2D eigenvalue weighted by Gasteiger charge is 2.16. The highest BCUT2D eigenvalue weighted by atomic mass is 16.5. The molecule has 1 amide bonds. The standard InChI is InChI=1S/C19H20N2O3/c1-24-16-9-5-8-15-17(16)14(12-21-15)10-11-20-19(23)18(22)13-6-3-2-4-7-13/h2-9,12,18,21-22H,10-11H2,1H3,(H,20,23). The molecule has 3 rings (SSSR count). The predicted octanol–water partition coefficient (Wildman–Crippen LogP) is 2.57. The molecule has 5 heteroatoms. The molecule has 24 heavy (non-hydrogen) atoms. The first-order valence-corrected chi connectivity index (χ1v) is 7.84. The lowest BCUT2D eigenvalue weighted by Gasteiger charge is -2.11. The van der Waals surface area contributed by atoms with Crippen LogP contribution < -0.4 is 10.1 Å². The number of rotatable bonds is 6. The predicted molar refractivity (Wildman–Crippen MR) is 93.0 cm³/mol. The van der Waals surface area contributed by atoms with Crippen molar-refractivity contribution in [2.45, 2.75) is 12.5 Å². The Labute approximate surface area is 140 Å². The summed E-state index contributed by atoms with van der Waals surface area (Å²) in [6, 6.07) is 14.7. The molecule has 0 saturated heterocycles. The fourth-order valence-corrected chi connectivity index (χ4v) is 2.79. The highest BCUT2D eigenvalue weighted by molar-refractivity contribution is 5.89. The first kappa shape index (κ1) is 16.1. The van der Waals surface area contributed by atoms with Crippen LogP contribution in [-0.4, -0.2) is 29.7 Å². The molecule has 1 atom stereocenters. The Morgan fingerprint density at radius 1 is 1.21 bits per heavy atom. The molecule has 0 aliphatic rings. The van der Waals surface area contributed by atoms with Gasteiger partial charge in [0, 0.05) is 23.6 Å². The van der Waals surface area contributed by atoms with Crippen LogP contribution in [0, 0.1) is 0 Å². The number of carbonyl (C=O) groups excluding carboxylic acids is 1. The largest absolute Gasteiger partial charge is 0.496 e. The van der Waals surface area contributed by atoms with Gasteiger partial charge in [-0.3, -0.25) is 4.79 Å². The lowest BCUT2D eigenvalue weighted by molar-refractivity contribution is -0.129. The third kappa shape index (κ3) is 3.26. The Bertz CT molecular complexity index is 827. The van der Waals surface area contributed by atoms with Gasteiger partial charge in [0.25, 0.3) is 5.91 Å². The number of hydrogen-bond donors (Lipinski definition) is 3. The first-order valence-electron chi connectivity index (χ1n) is 7.84. The number of H-pyrrole nitrogens is 1. The fraction of sp³-hybridized carbons (Fsp3) is 0.211. The molecule has 1 heterocycles. The summed E-state index contributed by atoms with van der Waals surface area (Å²) in [5.74, 6) is 0.410. The minimum Gasteiger partial charge on any atom is -0.496 e. The summed E-state index contributed by atoms with van der Waals surface area (Å²) < 4.78 is 5.40. The molecule has 0 radical (unpaired) electrons. The Kier molecular flexibility index (Phi) is 4.82. The summed E-state index contributed by atoms with van der Waals surface area (Å²) in [6.45, 7) is 0.438. The number of amides is 1. The smallest absolute Gasteiger partial charge is 0.253 e. The summed E-state index contributed by atoms with van der Waals surface area (Å²) in [7, 11) is 1.64. The Hall–Kier alpha value is -2.79. The van der Waals surface area contributed by atoms with Crippen molar-refractivity contribution in [2.24, 2.45) is 0 Å². The van der Waals surface area contributed by atoms with Gasteiger partial charge in [-0.25, -0.2) is 0 Å². The Morgan fingerprint density at radius 3 is 2.75 bits per heavy atom. The van der Waals surface area contributed by atoms with E-state index in [0.717, 1.165) is 22.2 Å². The van der Waals surface area contributed by atoms with Crippen molar-refractivity contribution in [1.29, 1.82) is 0 Å². The number of nitrogens with one attached hydrogen (secondary N) is 2. The molecule has 1 aromatic heterocycles. The molecule has 0 spiro atoms. The van der Waals surface area contributed by atoms with Crippen molar-refractivity contribution >= 4 is 16.8 Å². The zero-order chi connectivity index (χ0) is 16.9. The van der Waals surface area contributed by atoms with Crippen LogP contribution in [0.1, 0.15) is 17.2 Å². The van der Waals surface area contributed by atoms with Crippen molar-refractivity contribution < 1.29 is 14.6 Å². The van der Waals surface area contributed by atoms with Crippen molar-refractivity contribution in [2.75, 3.05) is 13.7 Å². The third-order valence-corrected chi connectivity index (χ3v) is 4.03. The Morgan fingerprint density at radius 2 is 2.00 bits per heavy atom. The lowest BCUT2D eigenvalue weighted by Crippen LogP contribution is -2.30. The minimum absolute atomic E-state index is 0.395. The van der Waals surface area contributed by atoms with Gasteiger partial charge < -0.3 is 20.1 Å². The molecule has 0 saturated carbocycles. The number of carbonyl (C=O) groups is 1. The van der Waals surface area contributed by atoms with Gasteiger partial charge in [0.2, 0.25) is 0 Å². The van der Waals surface area contributed by atoms with E-state index >= 15 is 0 Å². The van der Waals surface area contributed by atoms with E-state index in [-0.39, 0.29) is 0 Å². The molecule has 3 N–H and O–H groups in total. The molecule has 124 valence electrons. The van der Waals surface area contributed by atoms with Gasteiger partial charge in [-0.2, -0.15) is 0 Å². The summed E-state index contributed by atoms with van der Waals surface area (Å²) in [5.41, 5.74) is 2.65. The van der Waals surface area contributed by atoms with E-state index in [9.17, 15) is 9.90 Å². The maximum Gasteiger partial charge on any atom is 0.253 e. The van der Waals surface area contributed by atoms with E-state index in [1.54, 1.807) is 31.4 Å². The third-order valence-electron chi connectivity index (χ3n) is 4.03. The van der Waals surface area contributed by atoms with Crippen LogP contribution in [0.4, 0.5) is 0 Å². The average molecular weight is 324 g/mol. The van der Waals surface area contributed by atoms with Gasteiger partial charge in [0.1, 0.15) is 5.75 Å². The molecule has 0 aliphatic carbocycles. The van der Waals surface area contributed by atoms with Crippen LogP contribution in [-0.2, 0) is 11.2 Å². The van der Waals surface area contributed by atoms with Crippen molar-refractivity contribution in [3.05, 3.63) is 65.9 Å². The molecular formula is C19H20N2O3. The highest BCUT2D eigenvalue weighted by Crippen LogP contribution is 2.28. The maximum atomic E-state index is 12.1. The number of methoxy groups -OCH3 is 1. The molecule has 2 aromatic carbocycles. The SMILES string of the molecule is COc1cccc2[nH]cc(CCNC(=O)C(O)c3ccccc3)c12. The van der Waals surface area contributed by atoms with E-state index in [4.69, 9.17) is 4.74 Å². The number of aromatic nitrogens is 1. The zero-order valence-electron chi connectivity index (χ0n) is 13.5. The fourth-order valence-electron chi connectivity index (χ4n) is 2.79. The van der Waals surface area contributed by atoms with Gasteiger partial charge in [0.15, 0.2) is 6.10 Å². The summed E-state index contributed by atoms with van der Waals surface area (Å²) in [6.07, 6.45) is 1.42. The second-order valence-corrected chi connectivity index (χ2v) is 5.55. The van der Waals surface area contributed by atoms with Gasteiger partial charge in [-0.05, 0) is 29.7 Å². The lowest BCUT2D eigenvalue weighted by atomic mass is 10.1. The van der Waals surface area contributed by atoms with Crippen LogP contribution in [0.3, 0.4) is 0 Å². The topological polar surface area (TPSA) is 74.3 Å². The van der Waals surface area contributed by atoms with Crippen LogP contribution in [0.15, 0.2) is 54.7 Å². The number of aromatic amines is 1. The molecular weight excluding hydrogens is 304 g/mol. The molecule has 0 fully saturated rings. The van der Waals surface area contributed by atoms with E-state index < -0.39 is 12.0 Å². The normalized spacial score (nSPS) is 12.1.